The van der Waals surface area contributed by atoms with Gasteiger partial charge in [-0.25, -0.2) is 4.39 Å². The van der Waals surface area contributed by atoms with Crippen LogP contribution in [0.5, 0.6) is 11.5 Å². The van der Waals surface area contributed by atoms with Crippen molar-refractivity contribution < 1.29 is 23.8 Å². The van der Waals surface area contributed by atoms with Crippen LogP contribution in [-0.2, 0) is 10.5 Å². The number of carboxylic acids is 1. The number of alkyl halides is 1. The van der Waals surface area contributed by atoms with Gasteiger partial charge in [-0.1, -0.05) is 0 Å². The fourth-order valence-corrected chi connectivity index (χ4v) is 1.96. The van der Waals surface area contributed by atoms with Crippen molar-refractivity contribution in [2.45, 2.75) is 32.4 Å². The zero-order valence-corrected chi connectivity index (χ0v) is 10.5. The second-order valence-electron chi connectivity index (χ2n) is 4.83. The van der Waals surface area contributed by atoms with Gasteiger partial charge in [0, 0.05) is 0 Å². The van der Waals surface area contributed by atoms with Gasteiger partial charge < -0.3 is 14.6 Å². The molecule has 1 N–H and O–H groups in total. The van der Waals surface area contributed by atoms with E-state index in [9.17, 15) is 9.18 Å². The highest BCUT2D eigenvalue weighted by molar-refractivity contribution is 5.77. The van der Waals surface area contributed by atoms with Crippen LogP contribution < -0.4 is 9.47 Å². The number of ether oxygens (including phenoxy) is 2. The first-order valence-corrected chi connectivity index (χ1v) is 5.66. The first-order chi connectivity index (χ1) is 8.30. The molecule has 5 heteroatoms. The lowest BCUT2D eigenvalue weighted by Gasteiger charge is -2.21. The van der Waals surface area contributed by atoms with Crippen LogP contribution >= 0.6 is 0 Å². The molecule has 4 nitrogen and oxygen atoms in total. The molecule has 1 heterocycles. The summed E-state index contributed by atoms with van der Waals surface area (Å²) in [6, 6.07) is 3.08. The summed E-state index contributed by atoms with van der Waals surface area (Å²) in [5.41, 5.74) is -0.902. The van der Waals surface area contributed by atoms with E-state index in [2.05, 4.69) is 0 Å². The predicted molar refractivity (Wildman–Crippen MR) is 62.7 cm³/mol. The van der Waals surface area contributed by atoms with Gasteiger partial charge in [0.25, 0.3) is 0 Å². The van der Waals surface area contributed by atoms with E-state index in [1.54, 1.807) is 6.07 Å². The van der Waals surface area contributed by atoms with E-state index in [1.807, 2.05) is 0 Å². The third-order valence-electron chi connectivity index (χ3n) is 3.02. The molecule has 2 rings (SSSR count). The Labute approximate surface area is 104 Å². The minimum Gasteiger partial charge on any atom is -0.481 e. The molecule has 1 unspecified atom stereocenters. The number of hydrogen-bond donors (Lipinski definition) is 1. The summed E-state index contributed by atoms with van der Waals surface area (Å²) < 4.78 is 24.6. The quantitative estimate of drug-likeness (QED) is 0.901. The molecule has 18 heavy (non-hydrogen) atoms. The lowest BCUT2D eigenvalue weighted by atomic mass is 9.87. The molecule has 0 amide bonds. The smallest absolute Gasteiger partial charge is 0.310 e. The monoisotopic (exact) mass is 254 g/mol. The zero-order chi connectivity index (χ0) is 13.5. The molecule has 1 aromatic carbocycles. The summed E-state index contributed by atoms with van der Waals surface area (Å²) >= 11 is 0. The minimum atomic E-state index is -1.64. The first kappa shape index (κ1) is 12.7. The Morgan fingerprint density at radius 2 is 1.94 bits per heavy atom. The highest BCUT2D eigenvalue weighted by Crippen LogP contribution is 2.42. The number of rotatable bonds is 3. The van der Waals surface area contributed by atoms with Crippen LogP contribution in [0.4, 0.5) is 4.39 Å². The largest absolute Gasteiger partial charge is 0.481 e. The summed E-state index contributed by atoms with van der Waals surface area (Å²) in [6.45, 7) is 4.38. The number of halogens is 1. The molecule has 0 aliphatic carbocycles. The van der Waals surface area contributed by atoms with Gasteiger partial charge >= 0.3 is 5.97 Å². The van der Waals surface area contributed by atoms with Crippen LogP contribution in [0.15, 0.2) is 12.1 Å². The molecule has 0 radical (unpaired) electrons. The molecule has 1 aliphatic rings. The van der Waals surface area contributed by atoms with E-state index in [0.717, 1.165) is 0 Å². The molecular formula is C13H15FO4. The van der Waals surface area contributed by atoms with Crippen molar-refractivity contribution in [3.05, 3.63) is 23.3 Å². The maximum absolute atomic E-state index is 14.2. The predicted octanol–water partition coefficient (Wildman–Crippen LogP) is 2.81. The molecule has 0 bridgehead atoms. The fraction of sp³-hybridized carbons (Fsp3) is 0.462. The summed E-state index contributed by atoms with van der Waals surface area (Å²) in [7, 11) is 0. The Morgan fingerprint density at radius 1 is 1.39 bits per heavy atom. The van der Waals surface area contributed by atoms with Gasteiger partial charge in [-0.3, -0.25) is 4.79 Å². The number of benzene rings is 1. The van der Waals surface area contributed by atoms with Crippen LogP contribution in [0, 0.1) is 0 Å². The number of carboxylic acid groups (broad SMARTS) is 1. The second-order valence-corrected chi connectivity index (χ2v) is 4.83. The Kier molecular flexibility index (Phi) is 2.92. The van der Waals surface area contributed by atoms with Gasteiger partial charge in [-0.2, -0.15) is 0 Å². The van der Waals surface area contributed by atoms with Gasteiger partial charge in [-0.05, 0) is 44.0 Å². The molecule has 0 saturated carbocycles. The second kappa shape index (κ2) is 4.15. The van der Waals surface area contributed by atoms with E-state index in [4.69, 9.17) is 14.6 Å². The summed E-state index contributed by atoms with van der Waals surface area (Å²) in [5.74, 6) is -0.882. The Balaban J connectivity index is 2.59. The Bertz CT molecular complexity index is 490. The summed E-state index contributed by atoms with van der Waals surface area (Å²) in [4.78, 5) is 11.1. The van der Waals surface area contributed by atoms with Crippen LogP contribution in [0.3, 0.4) is 0 Å². The number of aliphatic carboxylic acids is 1. The topological polar surface area (TPSA) is 55.8 Å². The van der Waals surface area contributed by atoms with Crippen molar-refractivity contribution in [1.82, 2.24) is 0 Å². The van der Waals surface area contributed by atoms with Crippen LogP contribution in [-0.4, -0.2) is 17.9 Å². The maximum atomic E-state index is 14.2. The molecule has 1 atom stereocenters. The van der Waals surface area contributed by atoms with Gasteiger partial charge in [0.1, 0.15) is 5.67 Å². The molecule has 0 aromatic heterocycles. The lowest BCUT2D eigenvalue weighted by Crippen LogP contribution is -2.17. The Morgan fingerprint density at radius 3 is 2.44 bits per heavy atom. The van der Waals surface area contributed by atoms with Crippen molar-refractivity contribution in [3.63, 3.8) is 0 Å². The molecular weight excluding hydrogens is 239 g/mol. The lowest BCUT2D eigenvalue weighted by molar-refractivity contribution is -0.138. The molecule has 0 saturated heterocycles. The van der Waals surface area contributed by atoms with Crippen molar-refractivity contribution in [1.29, 1.82) is 0 Å². The standard InChI is InChI=1S/C13H15FO4/c1-7(12(15)16)8-4-10-11(18-6-17-10)5-9(8)13(2,3)14/h4-5,7H,6H2,1-3H3,(H,15,16). The van der Waals surface area contributed by atoms with E-state index in [1.165, 1.54) is 26.8 Å². The first-order valence-electron chi connectivity index (χ1n) is 5.66. The Hall–Kier alpha value is -1.78. The average Bonchev–Trinajstić information content (AvgIpc) is 2.71. The number of hydrogen-bond acceptors (Lipinski definition) is 3. The van der Waals surface area contributed by atoms with Gasteiger partial charge in [0.2, 0.25) is 6.79 Å². The van der Waals surface area contributed by atoms with Gasteiger partial charge in [0.15, 0.2) is 11.5 Å². The zero-order valence-electron chi connectivity index (χ0n) is 10.5. The van der Waals surface area contributed by atoms with Crippen LogP contribution in [0.25, 0.3) is 0 Å². The van der Waals surface area contributed by atoms with Gasteiger partial charge in [-0.15, -0.1) is 0 Å². The third-order valence-corrected chi connectivity index (χ3v) is 3.02. The normalized spacial score (nSPS) is 15.6. The fourth-order valence-electron chi connectivity index (χ4n) is 1.96. The van der Waals surface area contributed by atoms with Gasteiger partial charge in [0.05, 0.1) is 5.92 Å². The number of fused-ring (bicyclic) bond motifs is 1. The highest BCUT2D eigenvalue weighted by atomic mass is 19.1. The number of carbonyl (C=O) groups is 1. The van der Waals surface area contributed by atoms with Crippen LogP contribution in [0.2, 0.25) is 0 Å². The molecule has 0 spiro atoms. The van der Waals surface area contributed by atoms with E-state index >= 15 is 0 Å². The molecule has 1 aromatic rings. The van der Waals surface area contributed by atoms with Crippen LogP contribution in [0.1, 0.15) is 37.8 Å². The third kappa shape index (κ3) is 2.12. The van der Waals surface area contributed by atoms with Crippen molar-refractivity contribution >= 4 is 5.97 Å². The summed E-state index contributed by atoms with van der Waals surface area (Å²) in [6.07, 6.45) is 0. The summed E-state index contributed by atoms with van der Waals surface area (Å²) in [5, 5.41) is 9.08. The highest BCUT2D eigenvalue weighted by Gasteiger charge is 2.30. The SMILES string of the molecule is CC(C(=O)O)c1cc2c(cc1C(C)(C)F)OCO2. The minimum absolute atomic E-state index is 0.0758. The average molecular weight is 254 g/mol. The van der Waals surface area contributed by atoms with E-state index < -0.39 is 17.6 Å². The van der Waals surface area contributed by atoms with Crippen molar-refractivity contribution in [2.24, 2.45) is 0 Å². The van der Waals surface area contributed by atoms with Crippen molar-refractivity contribution in [2.75, 3.05) is 6.79 Å². The molecule has 1 aliphatic heterocycles. The van der Waals surface area contributed by atoms with Crippen molar-refractivity contribution in [3.8, 4) is 11.5 Å². The van der Waals surface area contributed by atoms with E-state index in [0.29, 0.717) is 22.6 Å². The molecule has 0 fully saturated rings. The van der Waals surface area contributed by atoms with E-state index in [-0.39, 0.29) is 6.79 Å². The molecule has 98 valence electrons. The maximum Gasteiger partial charge on any atom is 0.310 e.